The van der Waals surface area contributed by atoms with Crippen molar-refractivity contribution in [2.75, 3.05) is 20.3 Å². The third kappa shape index (κ3) is 6.60. The molecule has 35 heavy (non-hydrogen) atoms. The van der Waals surface area contributed by atoms with Gasteiger partial charge in [0.15, 0.2) is 23.1 Å². The van der Waals surface area contributed by atoms with E-state index < -0.39 is 23.0 Å². The minimum atomic E-state index is -1.11. The number of rotatable bonds is 12. The topological polar surface area (TPSA) is 93.1 Å². The summed E-state index contributed by atoms with van der Waals surface area (Å²) in [5.74, 6) is -1.59. The fourth-order valence-electron chi connectivity index (χ4n) is 4.90. The van der Waals surface area contributed by atoms with Crippen LogP contribution in [0.4, 0.5) is 4.39 Å². The van der Waals surface area contributed by atoms with Crippen molar-refractivity contribution in [3.05, 3.63) is 58.9 Å². The van der Waals surface area contributed by atoms with E-state index in [2.05, 4.69) is 6.92 Å². The van der Waals surface area contributed by atoms with Crippen molar-refractivity contribution in [3.63, 3.8) is 0 Å². The fourth-order valence-corrected chi connectivity index (χ4v) is 4.90. The quantitative estimate of drug-likeness (QED) is 0.399. The van der Waals surface area contributed by atoms with Crippen LogP contribution in [0, 0.1) is 17.2 Å². The van der Waals surface area contributed by atoms with Gasteiger partial charge in [0.25, 0.3) is 0 Å². The summed E-state index contributed by atoms with van der Waals surface area (Å²) in [6.07, 6.45) is 4.40. The Labute approximate surface area is 206 Å². The lowest BCUT2D eigenvalue weighted by atomic mass is 9.67. The second-order valence-electron chi connectivity index (χ2n) is 9.42. The van der Waals surface area contributed by atoms with Crippen LogP contribution in [0.3, 0.4) is 0 Å². The smallest absolute Gasteiger partial charge is 0.310 e. The van der Waals surface area contributed by atoms with Gasteiger partial charge in [0.2, 0.25) is 0 Å². The average molecular weight is 487 g/mol. The van der Waals surface area contributed by atoms with Crippen molar-refractivity contribution < 1.29 is 33.7 Å². The summed E-state index contributed by atoms with van der Waals surface area (Å²) in [5.41, 5.74) is 0.997. The van der Waals surface area contributed by atoms with Crippen LogP contribution in [-0.4, -0.2) is 42.3 Å². The third-order valence-electron chi connectivity index (χ3n) is 7.17. The fraction of sp³-hybridized carbons (Fsp3) is 0.500. The van der Waals surface area contributed by atoms with Crippen molar-refractivity contribution in [1.82, 2.24) is 0 Å². The number of carbonyl (C=O) groups excluding carboxylic acids is 1. The van der Waals surface area contributed by atoms with Gasteiger partial charge in [0.1, 0.15) is 0 Å². The van der Waals surface area contributed by atoms with Crippen LogP contribution in [0.25, 0.3) is 0 Å². The predicted octanol–water partition coefficient (Wildman–Crippen LogP) is 5.23. The SMILES string of the molecule is CCC1CCC(CC(=O)c2cc(F)c(OC)c(OCCc3cccc(CCO)c3)c2)(C(=O)O)CC1. The van der Waals surface area contributed by atoms with Crippen molar-refractivity contribution in [3.8, 4) is 11.5 Å². The number of carboxylic acid groups (broad SMARTS) is 1. The van der Waals surface area contributed by atoms with E-state index in [1.807, 2.05) is 24.3 Å². The molecule has 1 saturated carbocycles. The Balaban J connectivity index is 1.74. The Morgan fingerprint density at radius 2 is 1.80 bits per heavy atom. The van der Waals surface area contributed by atoms with Crippen LogP contribution in [0.5, 0.6) is 11.5 Å². The monoisotopic (exact) mass is 486 g/mol. The highest BCUT2D eigenvalue weighted by Gasteiger charge is 2.43. The third-order valence-corrected chi connectivity index (χ3v) is 7.17. The minimum absolute atomic E-state index is 0.0690. The second kappa shape index (κ2) is 12.2. The van der Waals surface area contributed by atoms with Gasteiger partial charge in [-0.05, 0) is 61.3 Å². The lowest BCUT2D eigenvalue weighted by Crippen LogP contribution is -2.37. The Bertz CT molecular complexity index is 1030. The maximum absolute atomic E-state index is 14.8. The second-order valence-corrected chi connectivity index (χ2v) is 9.42. The van der Waals surface area contributed by atoms with Crippen LogP contribution in [0.15, 0.2) is 36.4 Å². The van der Waals surface area contributed by atoms with E-state index in [0.717, 1.165) is 36.5 Å². The lowest BCUT2D eigenvalue weighted by Gasteiger charge is -2.36. The zero-order valence-electron chi connectivity index (χ0n) is 20.5. The molecule has 0 amide bonds. The molecule has 0 radical (unpaired) electrons. The summed E-state index contributed by atoms with van der Waals surface area (Å²) < 4.78 is 25.8. The van der Waals surface area contributed by atoms with Gasteiger partial charge in [-0.3, -0.25) is 9.59 Å². The summed E-state index contributed by atoms with van der Waals surface area (Å²) in [6.45, 7) is 2.39. The predicted molar refractivity (Wildman–Crippen MR) is 131 cm³/mol. The molecule has 2 N–H and O–H groups in total. The number of benzene rings is 2. The van der Waals surface area contributed by atoms with E-state index in [1.54, 1.807) is 0 Å². The molecule has 0 heterocycles. The van der Waals surface area contributed by atoms with E-state index in [9.17, 15) is 19.1 Å². The van der Waals surface area contributed by atoms with Gasteiger partial charge in [-0.25, -0.2) is 4.39 Å². The number of carboxylic acids is 1. The zero-order valence-corrected chi connectivity index (χ0v) is 20.5. The first-order chi connectivity index (χ1) is 16.8. The molecule has 2 aromatic carbocycles. The highest BCUT2D eigenvalue weighted by molar-refractivity contribution is 5.99. The van der Waals surface area contributed by atoms with Crippen molar-refractivity contribution >= 4 is 11.8 Å². The summed E-state index contributed by atoms with van der Waals surface area (Å²) in [5, 5.41) is 19.1. The van der Waals surface area contributed by atoms with Gasteiger partial charge in [0.05, 0.1) is 19.1 Å². The molecule has 0 saturated heterocycles. The molecule has 0 unspecified atom stereocenters. The number of hydrogen-bond acceptors (Lipinski definition) is 5. The molecule has 2 aromatic rings. The van der Waals surface area contributed by atoms with Crippen molar-refractivity contribution in [2.45, 2.75) is 58.3 Å². The van der Waals surface area contributed by atoms with Gasteiger partial charge in [0, 0.05) is 25.0 Å². The molecular formula is C28H35FO6. The van der Waals surface area contributed by atoms with Crippen LogP contribution in [0.2, 0.25) is 0 Å². The highest BCUT2D eigenvalue weighted by atomic mass is 19.1. The first-order valence-corrected chi connectivity index (χ1v) is 12.3. The molecule has 7 heteroatoms. The minimum Gasteiger partial charge on any atom is -0.490 e. The van der Waals surface area contributed by atoms with Crippen LogP contribution in [0.1, 0.15) is 66.9 Å². The normalized spacial score (nSPS) is 19.8. The Hall–Kier alpha value is -2.93. The van der Waals surface area contributed by atoms with E-state index in [0.29, 0.717) is 31.6 Å². The number of halogens is 1. The standard InChI is InChI=1S/C28H35FO6/c1-3-19-7-11-28(12-8-19,27(32)33)18-24(31)22-16-23(29)26(34-2)25(17-22)35-14-10-21-6-4-5-20(15-21)9-13-30/h4-6,15-17,19,30H,3,7-14,18H2,1-2H3,(H,32,33). The maximum Gasteiger partial charge on any atom is 0.310 e. The first kappa shape index (κ1) is 26.7. The molecule has 1 aliphatic carbocycles. The molecule has 6 nitrogen and oxygen atoms in total. The molecule has 1 aliphatic rings. The Morgan fingerprint density at radius 1 is 1.11 bits per heavy atom. The van der Waals surface area contributed by atoms with Crippen LogP contribution in [-0.2, 0) is 17.6 Å². The number of Topliss-reactive ketones (excluding diaryl/α,β-unsaturated/α-hetero) is 1. The molecule has 0 aliphatic heterocycles. The number of ether oxygens (including phenoxy) is 2. The molecular weight excluding hydrogens is 451 g/mol. The number of carbonyl (C=O) groups is 2. The number of methoxy groups -OCH3 is 1. The van der Waals surface area contributed by atoms with Gasteiger partial charge >= 0.3 is 5.97 Å². The van der Waals surface area contributed by atoms with E-state index in [4.69, 9.17) is 14.6 Å². The molecule has 3 rings (SSSR count). The Morgan fingerprint density at radius 3 is 2.40 bits per heavy atom. The summed E-state index contributed by atoms with van der Waals surface area (Å²) >= 11 is 0. The average Bonchev–Trinajstić information content (AvgIpc) is 2.84. The molecule has 0 atom stereocenters. The number of ketones is 1. The lowest BCUT2D eigenvalue weighted by molar-refractivity contribution is -0.151. The van der Waals surface area contributed by atoms with Crippen LogP contribution < -0.4 is 9.47 Å². The zero-order chi connectivity index (χ0) is 25.4. The van der Waals surface area contributed by atoms with E-state index in [1.165, 1.54) is 13.2 Å². The largest absolute Gasteiger partial charge is 0.490 e. The van der Waals surface area contributed by atoms with Gasteiger partial charge < -0.3 is 19.7 Å². The molecule has 1 fully saturated rings. The molecule has 0 aromatic heterocycles. The van der Waals surface area contributed by atoms with Crippen molar-refractivity contribution in [2.24, 2.45) is 11.3 Å². The van der Waals surface area contributed by atoms with Crippen molar-refractivity contribution in [1.29, 1.82) is 0 Å². The summed E-state index contributed by atoms with van der Waals surface area (Å²) in [6, 6.07) is 10.3. The summed E-state index contributed by atoms with van der Waals surface area (Å²) in [7, 11) is 1.33. The number of aliphatic hydroxyl groups is 1. The molecule has 0 bridgehead atoms. The number of aliphatic hydroxyl groups excluding tert-OH is 1. The molecule has 190 valence electrons. The summed E-state index contributed by atoms with van der Waals surface area (Å²) in [4.78, 5) is 25.3. The number of hydrogen-bond donors (Lipinski definition) is 2. The van der Waals surface area contributed by atoms with E-state index in [-0.39, 0.29) is 36.7 Å². The number of aliphatic carboxylic acids is 1. The van der Waals surface area contributed by atoms with E-state index >= 15 is 0 Å². The van der Waals surface area contributed by atoms with Gasteiger partial charge in [-0.1, -0.05) is 37.6 Å². The van der Waals surface area contributed by atoms with Gasteiger partial charge in [-0.2, -0.15) is 0 Å². The van der Waals surface area contributed by atoms with Crippen LogP contribution >= 0.6 is 0 Å². The van der Waals surface area contributed by atoms with Gasteiger partial charge in [-0.15, -0.1) is 0 Å². The molecule has 0 spiro atoms. The first-order valence-electron chi connectivity index (χ1n) is 12.3. The maximum atomic E-state index is 14.8. The Kier molecular flexibility index (Phi) is 9.26. The highest BCUT2D eigenvalue weighted by Crippen LogP contribution is 2.44.